The van der Waals surface area contributed by atoms with Crippen LogP contribution in [0.25, 0.3) is 0 Å². The molecule has 0 atom stereocenters. The third kappa shape index (κ3) is 3.97. The maximum absolute atomic E-state index is 11.2. The average Bonchev–Trinajstić information content (AvgIpc) is 2.52. The second-order valence-corrected chi connectivity index (χ2v) is 5.86. The zero-order chi connectivity index (χ0) is 14.6. The fraction of sp³-hybridized carbons (Fsp3) is 0.562. The number of para-hydroxylation sites is 1. The zero-order valence-corrected chi connectivity index (χ0v) is 12.5. The molecule has 0 amide bonds. The Morgan fingerprint density at radius 2 is 2.15 bits per heavy atom. The Bertz CT molecular complexity index is 471. The standard InChI is InChI=1S/C16H23NO3/c1-16(2)12-17(10-6-9-15(18)19-3)11-13-7-4-5-8-14(13)20-16/h4-5,7-8H,6,9-12H2,1-3H3. The molecular formula is C16H23NO3. The Hall–Kier alpha value is -1.55. The molecule has 1 aromatic carbocycles. The molecular weight excluding hydrogens is 254 g/mol. The fourth-order valence-electron chi connectivity index (χ4n) is 2.61. The molecule has 0 radical (unpaired) electrons. The molecule has 20 heavy (non-hydrogen) atoms. The van der Waals surface area contributed by atoms with E-state index in [1.165, 1.54) is 12.7 Å². The summed E-state index contributed by atoms with van der Waals surface area (Å²) in [4.78, 5) is 13.5. The van der Waals surface area contributed by atoms with E-state index in [-0.39, 0.29) is 11.6 Å². The maximum atomic E-state index is 11.2. The summed E-state index contributed by atoms with van der Waals surface area (Å²) in [6, 6.07) is 8.16. The molecule has 1 aliphatic heterocycles. The van der Waals surface area contributed by atoms with Crippen LogP contribution in [0.3, 0.4) is 0 Å². The van der Waals surface area contributed by atoms with Crippen LogP contribution in [0, 0.1) is 0 Å². The van der Waals surface area contributed by atoms with Gasteiger partial charge in [0, 0.05) is 25.1 Å². The number of benzene rings is 1. The molecule has 0 bridgehead atoms. The summed E-state index contributed by atoms with van der Waals surface area (Å²) in [6.07, 6.45) is 1.28. The van der Waals surface area contributed by atoms with Crippen LogP contribution in [-0.2, 0) is 16.1 Å². The molecule has 0 aliphatic carbocycles. The molecule has 0 fully saturated rings. The number of methoxy groups -OCH3 is 1. The van der Waals surface area contributed by atoms with Gasteiger partial charge < -0.3 is 9.47 Å². The number of carbonyl (C=O) groups excluding carboxylic acids is 1. The highest BCUT2D eigenvalue weighted by Crippen LogP contribution is 2.29. The van der Waals surface area contributed by atoms with E-state index >= 15 is 0 Å². The minimum Gasteiger partial charge on any atom is -0.486 e. The van der Waals surface area contributed by atoms with Gasteiger partial charge in [0.05, 0.1) is 7.11 Å². The summed E-state index contributed by atoms with van der Waals surface area (Å²) < 4.78 is 10.8. The van der Waals surface area contributed by atoms with Crippen LogP contribution in [0.4, 0.5) is 0 Å². The monoisotopic (exact) mass is 277 g/mol. The van der Waals surface area contributed by atoms with Gasteiger partial charge in [-0.2, -0.15) is 0 Å². The van der Waals surface area contributed by atoms with Crippen molar-refractivity contribution in [3.05, 3.63) is 29.8 Å². The minimum absolute atomic E-state index is 0.143. The van der Waals surface area contributed by atoms with Crippen molar-refractivity contribution in [2.45, 2.75) is 38.8 Å². The predicted octanol–water partition coefficient (Wildman–Crippen LogP) is 2.61. The maximum Gasteiger partial charge on any atom is 0.305 e. The van der Waals surface area contributed by atoms with Crippen LogP contribution in [0.5, 0.6) is 5.75 Å². The van der Waals surface area contributed by atoms with Crippen molar-refractivity contribution in [1.82, 2.24) is 4.90 Å². The SMILES string of the molecule is COC(=O)CCCN1Cc2ccccc2OC(C)(C)C1. The number of carbonyl (C=O) groups is 1. The van der Waals surface area contributed by atoms with E-state index in [2.05, 4.69) is 29.6 Å². The zero-order valence-electron chi connectivity index (χ0n) is 12.5. The highest BCUT2D eigenvalue weighted by molar-refractivity contribution is 5.69. The van der Waals surface area contributed by atoms with Crippen LogP contribution in [0.1, 0.15) is 32.3 Å². The lowest BCUT2D eigenvalue weighted by Gasteiger charge is -2.29. The lowest BCUT2D eigenvalue weighted by molar-refractivity contribution is -0.140. The van der Waals surface area contributed by atoms with Crippen LogP contribution in [-0.4, -0.2) is 36.7 Å². The largest absolute Gasteiger partial charge is 0.486 e. The van der Waals surface area contributed by atoms with Gasteiger partial charge in [0.1, 0.15) is 11.4 Å². The van der Waals surface area contributed by atoms with Gasteiger partial charge in [0.15, 0.2) is 0 Å². The highest BCUT2D eigenvalue weighted by atomic mass is 16.5. The number of hydrogen-bond acceptors (Lipinski definition) is 4. The second-order valence-electron chi connectivity index (χ2n) is 5.86. The van der Waals surface area contributed by atoms with Crippen molar-refractivity contribution in [1.29, 1.82) is 0 Å². The Labute approximate surface area is 120 Å². The normalized spacial score (nSPS) is 17.8. The van der Waals surface area contributed by atoms with E-state index in [1.54, 1.807) is 0 Å². The number of esters is 1. The first kappa shape index (κ1) is 14.9. The Morgan fingerprint density at radius 3 is 2.90 bits per heavy atom. The van der Waals surface area contributed by atoms with Crippen molar-refractivity contribution in [3.8, 4) is 5.75 Å². The molecule has 4 heteroatoms. The number of rotatable bonds is 4. The van der Waals surface area contributed by atoms with E-state index in [0.29, 0.717) is 6.42 Å². The van der Waals surface area contributed by atoms with Crippen molar-refractivity contribution >= 4 is 5.97 Å². The molecule has 0 unspecified atom stereocenters. The molecule has 0 saturated heterocycles. The van der Waals surface area contributed by atoms with Gasteiger partial charge in [-0.05, 0) is 32.9 Å². The lowest BCUT2D eigenvalue weighted by Crippen LogP contribution is -2.40. The van der Waals surface area contributed by atoms with Gasteiger partial charge in [-0.3, -0.25) is 9.69 Å². The summed E-state index contributed by atoms with van der Waals surface area (Å²) >= 11 is 0. The van der Waals surface area contributed by atoms with E-state index < -0.39 is 0 Å². The third-order valence-electron chi connectivity index (χ3n) is 3.44. The lowest BCUT2D eigenvalue weighted by atomic mass is 10.1. The van der Waals surface area contributed by atoms with Crippen molar-refractivity contribution in [2.24, 2.45) is 0 Å². The summed E-state index contributed by atoms with van der Waals surface area (Å²) in [5, 5.41) is 0. The fourth-order valence-corrected chi connectivity index (χ4v) is 2.61. The molecule has 1 aliphatic rings. The second kappa shape index (κ2) is 6.27. The smallest absolute Gasteiger partial charge is 0.305 e. The molecule has 0 saturated carbocycles. The summed E-state index contributed by atoms with van der Waals surface area (Å²) in [7, 11) is 1.43. The molecule has 0 aromatic heterocycles. The Kier molecular flexibility index (Phi) is 4.65. The van der Waals surface area contributed by atoms with Crippen LogP contribution < -0.4 is 4.74 Å². The predicted molar refractivity (Wildman–Crippen MR) is 77.7 cm³/mol. The van der Waals surface area contributed by atoms with Crippen LogP contribution >= 0.6 is 0 Å². The Balaban J connectivity index is 2.02. The molecule has 4 nitrogen and oxygen atoms in total. The number of nitrogens with zero attached hydrogens (tertiary/aromatic N) is 1. The van der Waals surface area contributed by atoms with Gasteiger partial charge in [-0.15, -0.1) is 0 Å². The summed E-state index contributed by atoms with van der Waals surface area (Å²) in [6.45, 7) is 6.78. The van der Waals surface area contributed by atoms with Crippen molar-refractivity contribution < 1.29 is 14.3 Å². The highest BCUT2D eigenvalue weighted by Gasteiger charge is 2.28. The molecule has 0 N–H and O–H groups in total. The molecule has 110 valence electrons. The van der Waals surface area contributed by atoms with E-state index in [1.807, 2.05) is 18.2 Å². The van der Waals surface area contributed by atoms with Crippen LogP contribution in [0.2, 0.25) is 0 Å². The first-order chi connectivity index (χ1) is 9.50. The van der Waals surface area contributed by atoms with E-state index in [4.69, 9.17) is 4.74 Å². The average molecular weight is 277 g/mol. The minimum atomic E-state index is -0.224. The Morgan fingerprint density at radius 1 is 1.40 bits per heavy atom. The first-order valence-corrected chi connectivity index (χ1v) is 7.06. The van der Waals surface area contributed by atoms with Gasteiger partial charge in [-0.1, -0.05) is 18.2 Å². The quantitative estimate of drug-likeness (QED) is 0.793. The van der Waals surface area contributed by atoms with Crippen molar-refractivity contribution in [2.75, 3.05) is 20.2 Å². The van der Waals surface area contributed by atoms with Gasteiger partial charge in [-0.25, -0.2) is 0 Å². The van der Waals surface area contributed by atoms with Gasteiger partial charge >= 0.3 is 5.97 Å². The van der Waals surface area contributed by atoms with E-state index in [9.17, 15) is 4.79 Å². The summed E-state index contributed by atoms with van der Waals surface area (Å²) in [5.74, 6) is 0.823. The molecule has 2 rings (SSSR count). The van der Waals surface area contributed by atoms with Gasteiger partial charge in [0.2, 0.25) is 0 Å². The number of fused-ring (bicyclic) bond motifs is 1. The van der Waals surface area contributed by atoms with E-state index in [0.717, 1.165) is 31.8 Å². The molecule has 1 heterocycles. The van der Waals surface area contributed by atoms with Crippen molar-refractivity contribution in [3.63, 3.8) is 0 Å². The molecule has 0 spiro atoms. The number of hydrogen-bond donors (Lipinski definition) is 0. The first-order valence-electron chi connectivity index (χ1n) is 7.06. The van der Waals surface area contributed by atoms with Crippen LogP contribution in [0.15, 0.2) is 24.3 Å². The summed E-state index contributed by atoms with van der Waals surface area (Å²) in [5.41, 5.74) is 0.980. The molecule has 1 aromatic rings. The van der Waals surface area contributed by atoms with Gasteiger partial charge in [0.25, 0.3) is 0 Å². The third-order valence-corrected chi connectivity index (χ3v) is 3.44. The topological polar surface area (TPSA) is 38.8 Å². The number of ether oxygens (including phenoxy) is 2.